The monoisotopic (exact) mass is 310 g/mol. The lowest BCUT2D eigenvalue weighted by molar-refractivity contribution is 0.0692. The third-order valence-corrected chi connectivity index (χ3v) is 3.82. The molecule has 0 radical (unpaired) electrons. The molecule has 1 N–H and O–H groups in total. The number of nitrogens with zero attached hydrogens (tertiary/aromatic N) is 2. The van der Waals surface area contributed by atoms with E-state index in [-0.39, 0.29) is 5.56 Å². The van der Waals surface area contributed by atoms with E-state index < -0.39 is 5.97 Å². The van der Waals surface area contributed by atoms with Crippen LogP contribution >= 0.6 is 0 Å². The highest BCUT2D eigenvalue weighted by Gasteiger charge is 2.14. The zero-order valence-electron chi connectivity index (χ0n) is 13.1. The van der Waals surface area contributed by atoms with E-state index in [9.17, 15) is 9.90 Å². The van der Waals surface area contributed by atoms with Gasteiger partial charge in [0.25, 0.3) is 0 Å². The second-order valence-corrected chi connectivity index (χ2v) is 5.32. The summed E-state index contributed by atoms with van der Waals surface area (Å²) in [5.41, 5.74) is 3.18. The normalized spacial score (nSPS) is 10.9. The number of aromatic carboxylic acids is 1. The number of rotatable bonds is 5. The average molecular weight is 310 g/mol. The minimum absolute atomic E-state index is 0.181. The van der Waals surface area contributed by atoms with Crippen LogP contribution in [0.15, 0.2) is 42.5 Å². The number of ether oxygens (including phenoxy) is 1. The van der Waals surface area contributed by atoms with Crippen molar-refractivity contribution in [3.05, 3.63) is 59.4 Å². The first kappa shape index (κ1) is 15.1. The van der Waals surface area contributed by atoms with Crippen molar-refractivity contribution >= 4 is 17.0 Å². The SMILES string of the molecule is CCOc1cc(Cc2nc3ccccc3n2C)ccc1C(=O)O. The highest BCUT2D eigenvalue weighted by molar-refractivity contribution is 5.91. The van der Waals surface area contributed by atoms with Crippen molar-refractivity contribution in [2.24, 2.45) is 7.05 Å². The summed E-state index contributed by atoms with van der Waals surface area (Å²) in [6.45, 7) is 2.26. The molecular formula is C18H18N2O3. The molecule has 2 aromatic carbocycles. The Morgan fingerprint density at radius 1 is 1.26 bits per heavy atom. The number of hydrogen-bond donors (Lipinski definition) is 1. The van der Waals surface area contributed by atoms with Gasteiger partial charge < -0.3 is 14.4 Å². The van der Waals surface area contributed by atoms with Gasteiger partial charge in [0.05, 0.1) is 17.6 Å². The fourth-order valence-electron chi connectivity index (χ4n) is 2.66. The summed E-state index contributed by atoms with van der Waals surface area (Å²) < 4.78 is 7.51. The third kappa shape index (κ3) is 2.90. The van der Waals surface area contributed by atoms with Gasteiger partial charge in [0.2, 0.25) is 0 Å². The second kappa shape index (κ2) is 6.12. The van der Waals surface area contributed by atoms with Crippen molar-refractivity contribution in [3.8, 4) is 5.75 Å². The molecule has 3 rings (SSSR count). The van der Waals surface area contributed by atoms with E-state index >= 15 is 0 Å². The summed E-state index contributed by atoms with van der Waals surface area (Å²) in [6.07, 6.45) is 0.616. The van der Waals surface area contributed by atoms with Gasteiger partial charge in [0.1, 0.15) is 17.1 Å². The predicted octanol–water partition coefficient (Wildman–Crippen LogP) is 3.26. The van der Waals surface area contributed by atoms with E-state index in [1.807, 2.05) is 44.3 Å². The highest BCUT2D eigenvalue weighted by Crippen LogP contribution is 2.23. The van der Waals surface area contributed by atoms with Crippen LogP contribution in [0.3, 0.4) is 0 Å². The molecule has 5 heteroatoms. The molecule has 0 aliphatic rings. The number of aromatic nitrogens is 2. The van der Waals surface area contributed by atoms with Gasteiger partial charge in [-0.1, -0.05) is 18.2 Å². The number of fused-ring (bicyclic) bond motifs is 1. The molecule has 0 bridgehead atoms. The van der Waals surface area contributed by atoms with Crippen LogP contribution in [0.1, 0.15) is 28.7 Å². The van der Waals surface area contributed by atoms with E-state index in [0.29, 0.717) is 18.8 Å². The number of carboxylic acids is 1. The summed E-state index contributed by atoms with van der Waals surface area (Å²) in [4.78, 5) is 15.9. The van der Waals surface area contributed by atoms with Gasteiger partial charge >= 0.3 is 5.97 Å². The van der Waals surface area contributed by atoms with Crippen LogP contribution in [0.2, 0.25) is 0 Å². The Balaban J connectivity index is 1.97. The maximum Gasteiger partial charge on any atom is 0.339 e. The molecule has 0 spiro atoms. The van der Waals surface area contributed by atoms with E-state index in [2.05, 4.69) is 9.55 Å². The summed E-state index contributed by atoms with van der Waals surface area (Å²) in [5, 5.41) is 9.22. The molecule has 5 nitrogen and oxygen atoms in total. The molecule has 1 heterocycles. The molecular weight excluding hydrogens is 292 g/mol. The molecule has 0 amide bonds. The number of aryl methyl sites for hydroxylation is 1. The molecule has 0 aliphatic carbocycles. The largest absolute Gasteiger partial charge is 0.493 e. The summed E-state index contributed by atoms with van der Waals surface area (Å²) in [5.74, 6) is 0.343. The Labute approximate surface area is 134 Å². The minimum Gasteiger partial charge on any atom is -0.493 e. The topological polar surface area (TPSA) is 64.4 Å². The van der Waals surface area contributed by atoms with Crippen molar-refractivity contribution in [2.45, 2.75) is 13.3 Å². The van der Waals surface area contributed by atoms with Crippen LogP contribution < -0.4 is 4.74 Å². The lowest BCUT2D eigenvalue weighted by Gasteiger charge is -2.10. The highest BCUT2D eigenvalue weighted by atomic mass is 16.5. The Hall–Kier alpha value is -2.82. The van der Waals surface area contributed by atoms with Crippen LogP contribution in [0.4, 0.5) is 0 Å². The number of hydrogen-bond acceptors (Lipinski definition) is 3. The fraction of sp³-hybridized carbons (Fsp3) is 0.222. The minimum atomic E-state index is -0.984. The van der Waals surface area contributed by atoms with E-state index in [1.54, 1.807) is 12.1 Å². The molecule has 0 aliphatic heterocycles. The van der Waals surface area contributed by atoms with E-state index in [0.717, 1.165) is 22.4 Å². The van der Waals surface area contributed by atoms with Crippen molar-refractivity contribution in [1.29, 1.82) is 0 Å². The van der Waals surface area contributed by atoms with Crippen molar-refractivity contribution < 1.29 is 14.6 Å². The Morgan fingerprint density at radius 3 is 2.74 bits per heavy atom. The first-order valence-corrected chi connectivity index (χ1v) is 7.49. The summed E-state index contributed by atoms with van der Waals surface area (Å²) >= 11 is 0. The van der Waals surface area contributed by atoms with E-state index in [4.69, 9.17) is 4.74 Å². The lowest BCUT2D eigenvalue weighted by Crippen LogP contribution is -2.05. The Bertz CT molecular complexity index is 868. The Morgan fingerprint density at radius 2 is 2.04 bits per heavy atom. The van der Waals surface area contributed by atoms with Gasteiger partial charge in [0, 0.05) is 13.5 Å². The number of para-hydroxylation sites is 2. The number of carbonyl (C=O) groups is 1. The molecule has 23 heavy (non-hydrogen) atoms. The number of benzene rings is 2. The maximum absolute atomic E-state index is 11.2. The quantitative estimate of drug-likeness (QED) is 0.785. The number of imidazole rings is 1. The van der Waals surface area contributed by atoms with Crippen LogP contribution in [0.5, 0.6) is 5.75 Å². The van der Waals surface area contributed by atoms with Gasteiger partial charge in [-0.2, -0.15) is 0 Å². The lowest BCUT2D eigenvalue weighted by atomic mass is 10.1. The molecule has 0 atom stereocenters. The van der Waals surface area contributed by atoms with E-state index in [1.165, 1.54) is 0 Å². The van der Waals surface area contributed by atoms with Gasteiger partial charge in [-0.25, -0.2) is 9.78 Å². The zero-order chi connectivity index (χ0) is 16.4. The van der Waals surface area contributed by atoms with Crippen LogP contribution in [0, 0.1) is 0 Å². The van der Waals surface area contributed by atoms with Gasteiger partial charge in [-0.15, -0.1) is 0 Å². The first-order chi connectivity index (χ1) is 11.1. The van der Waals surface area contributed by atoms with Crippen LogP contribution in [-0.2, 0) is 13.5 Å². The van der Waals surface area contributed by atoms with Gasteiger partial charge in [0.15, 0.2) is 0 Å². The smallest absolute Gasteiger partial charge is 0.339 e. The fourth-order valence-corrected chi connectivity index (χ4v) is 2.66. The molecule has 0 saturated heterocycles. The summed E-state index contributed by atoms with van der Waals surface area (Å²) in [7, 11) is 1.99. The van der Waals surface area contributed by atoms with Crippen LogP contribution in [0.25, 0.3) is 11.0 Å². The number of carboxylic acid groups (broad SMARTS) is 1. The van der Waals surface area contributed by atoms with Gasteiger partial charge in [-0.05, 0) is 36.8 Å². The van der Waals surface area contributed by atoms with Crippen molar-refractivity contribution in [1.82, 2.24) is 9.55 Å². The third-order valence-electron chi connectivity index (χ3n) is 3.82. The standard InChI is InChI=1S/C18H18N2O3/c1-3-23-16-10-12(8-9-13(16)18(21)22)11-17-19-14-6-4-5-7-15(14)20(17)2/h4-10H,3,11H2,1-2H3,(H,21,22). The molecule has 118 valence electrons. The second-order valence-electron chi connectivity index (χ2n) is 5.32. The summed E-state index contributed by atoms with van der Waals surface area (Å²) in [6, 6.07) is 13.2. The average Bonchev–Trinajstić information content (AvgIpc) is 2.84. The molecule has 0 fully saturated rings. The van der Waals surface area contributed by atoms with Crippen molar-refractivity contribution in [2.75, 3.05) is 6.61 Å². The maximum atomic E-state index is 11.2. The molecule has 0 unspecified atom stereocenters. The predicted molar refractivity (Wildman–Crippen MR) is 88.1 cm³/mol. The molecule has 3 aromatic rings. The Kier molecular flexibility index (Phi) is 4.02. The molecule has 1 aromatic heterocycles. The van der Waals surface area contributed by atoms with Crippen molar-refractivity contribution in [3.63, 3.8) is 0 Å². The first-order valence-electron chi connectivity index (χ1n) is 7.49. The van der Waals surface area contributed by atoms with Crippen LogP contribution in [-0.4, -0.2) is 27.2 Å². The zero-order valence-corrected chi connectivity index (χ0v) is 13.1. The molecule has 0 saturated carbocycles. The van der Waals surface area contributed by atoms with Gasteiger partial charge in [-0.3, -0.25) is 0 Å².